The van der Waals surface area contributed by atoms with Crippen LogP contribution in [0.1, 0.15) is 28.4 Å². The highest BCUT2D eigenvalue weighted by Gasteiger charge is 2.36. The van der Waals surface area contributed by atoms with Crippen molar-refractivity contribution in [2.45, 2.75) is 19.2 Å². The summed E-state index contributed by atoms with van der Waals surface area (Å²) >= 11 is 0. The van der Waals surface area contributed by atoms with Gasteiger partial charge in [0.2, 0.25) is 0 Å². The van der Waals surface area contributed by atoms with Gasteiger partial charge in [-0.05, 0) is 24.6 Å². The molecule has 1 heterocycles. The molecule has 0 bridgehead atoms. The maximum absolute atomic E-state index is 13.9. The molecule has 2 rings (SSSR count). The highest BCUT2D eigenvalue weighted by molar-refractivity contribution is 5.38. The molecular weight excluding hydrogens is 293 g/mol. The van der Waals surface area contributed by atoms with E-state index in [4.69, 9.17) is 0 Å². The molecule has 0 spiro atoms. The molecule has 112 valence electrons. The number of hydrogen-bond donors (Lipinski definition) is 1. The average Bonchev–Trinajstić information content (AvgIpc) is 2.42. The van der Waals surface area contributed by atoms with Crippen LogP contribution in [0.25, 0.3) is 0 Å². The molecule has 7 heteroatoms. The SMILES string of the molecule is Cc1ccc(F)c(C(O)c2cnccc2C(F)(F)F)c1F. The first-order valence-corrected chi connectivity index (χ1v) is 5.87. The summed E-state index contributed by atoms with van der Waals surface area (Å²) in [6.07, 6.45) is -5.23. The second-order valence-electron chi connectivity index (χ2n) is 4.46. The fraction of sp³-hybridized carbons (Fsp3) is 0.214. The minimum Gasteiger partial charge on any atom is -0.383 e. The van der Waals surface area contributed by atoms with Crippen LogP contribution in [0, 0.1) is 18.6 Å². The minimum absolute atomic E-state index is 0.0166. The number of halogens is 5. The number of aryl methyl sites for hydroxylation is 1. The lowest BCUT2D eigenvalue weighted by atomic mass is 9.96. The summed E-state index contributed by atoms with van der Waals surface area (Å²) in [6, 6.07) is 2.67. The summed E-state index contributed by atoms with van der Waals surface area (Å²) in [5, 5.41) is 10.0. The fourth-order valence-electron chi connectivity index (χ4n) is 1.97. The molecule has 0 radical (unpaired) electrons. The van der Waals surface area contributed by atoms with E-state index in [1.807, 2.05) is 0 Å². The molecule has 1 aromatic carbocycles. The zero-order valence-electron chi connectivity index (χ0n) is 10.7. The van der Waals surface area contributed by atoms with Crippen LogP contribution in [0.3, 0.4) is 0 Å². The van der Waals surface area contributed by atoms with Gasteiger partial charge in [0.25, 0.3) is 0 Å². The van der Waals surface area contributed by atoms with E-state index in [9.17, 15) is 27.1 Å². The predicted octanol–water partition coefficient (Wildman–Crippen LogP) is 3.77. The van der Waals surface area contributed by atoms with Gasteiger partial charge in [0, 0.05) is 18.0 Å². The summed E-state index contributed by atoms with van der Waals surface area (Å²) in [6.45, 7) is 1.32. The number of nitrogens with zero attached hydrogens (tertiary/aromatic N) is 1. The molecule has 0 saturated heterocycles. The first-order chi connectivity index (χ1) is 9.73. The van der Waals surface area contributed by atoms with Crippen LogP contribution < -0.4 is 0 Å². The second-order valence-corrected chi connectivity index (χ2v) is 4.46. The van der Waals surface area contributed by atoms with Crippen LogP contribution in [0.2, 0.25) is 0 Å². The van der Waals surface area contributed by atoms with Crippen LogP contribution in [-0.2, 0) is 6.18 Å². The lowest BCUT2D eigenvalue weighted by Gasteiger charge is -2.18. The van der Waals surface area contributed by atoms with Crippen molar-refractivity contribution in [3.8, 4) is 0 Å². The van der Waals surface area contributed by atoms with Crippen molar-refractivity contribution < 1.29 is 27.1 Å². The van der Waals surface area contributed by atoms with Crippen molar-refractivity contribution in [3.63, 3.8) is 0 Å². The van der Waals surface area contributed by atoms with Gasteiger partial charge in [-0.3, -0.25) is 4.98 Å². The van der Waals surface area contributed by atoms with Gasteiger partial charge in [0.05, 0.1) is 11.1 Å². The maximum atomic E-state index is 13.9. The molecule has 0 saturated carbocycles. The molecule has 2 nitrogen and oxygen atoms in total. The molecule has 2 aromatic rings. The van der Waals surface area contributed by atoms with Gasteiger partial charge in [0.15, 0.2) is 0 Å². The largest absolute Gasteiger partial charge is 0.416 e. The van der Waals surface area contributed by atoms with Gasteiger partial charge in [-0.1, -0.05) is 6.07 Å². The van der Waals surface area contributed by atoms with Gasteiger partial charge in [-0.15, -0.1) is 0 Å². The van der Waals surface area contributed by atoms with Crippen LogP contribution in [-0.4, -0.2) is 10.1 Å². The standard InChI is InChI=1S/C14H10F5NO/c1-7-2-3-10(15)11(12(7)16)13(21)8-6-20-5-4-9(8)14(17,18)19/h2-6,13,21H,1H3. The van der Waals surface area contributed by atoms with E-state index in [1.54, 1.807) is 0 Å². The summed E-state index contributed by atoms with van der Waals surface area (Å²) in [4.78, 5) is 3.48. The van der Waals surface area contributed by atoms with E-state index < -0.39 is 40.6 Å². The Labute approximate surface area is 116 Å². The molecule has 21 heavy (non-hydrogen) atoms. The number of alkyl halides is 3. The minimum atomic E-state index is -4.77. The Hall–Kier alpha value is -2.02. The van der Waals surface area contributed by atoms with Crippen molar-refractivity contribution in [2.24, 2.45) is 0 Å². The predicted molar refractivity (Wildman–Crippen MR) is 64.4 cm³/mol. The number of aromatic nitrogens is 1. The topological polar surface area (TPSA) is 33.1 Å². The van der Waals surface area contributed by atoms with E-state index in [1.165, 1.54) is 6.92 Å². The van der Waals surface area contributed by atoms with Crippen molar-refractivity contribution in [1.82, 2.24) is 4.98 Å². The van der Waals surface area contributed by atoms with Crippen LogP contribution in [0.4, 0.5) is 22.0 Å². The molecule has 0 aliphatic rings. The molecule has 0 aliphatic heterocycles. The Morgan fingerprint density at radius 2 is 1.81 bits per heavy atom. The van der Waals surface area contributed by atoms with E-state index in [-0.39, 0.29) is 5.56 Å². The third-order valence-electron chi connectivity index (χ3n) is 3.04. The zero-order chi connectivity index (χ0) is 15.8. The number of aliphatic hydroxyl groups excluding tert-OH is 1. The Bertz CT molecular complexity index is 669. The van der Waals surface area contributed by atoms with Crippen LogP contribution >= 0.6 is 0 Å². The van der Waals surface area contributed by atoms with E-state index in [0.29, 0.717) is 6.07 Å². The molecular formula is C14H10F5NO. The second kappa shape index (κ2) is 5.40. The molecule has 0 amide bonds. The first-order valence-electron chi connectivity index (χ1n) is 5.87. The highest BCUT2D eigenvalue weighted by atomic mass is 19.4. The Morgan fingerprint density at radius 1 is 1.14 bits per heavy atom. The van der Waals surface area contributed by atoms with Gasteiger partial charge in [-0.25, -0.2) is 8.78 Å². The maximum Gasteiger partial charge on any atom is 0.416 e. The molecule has 1 atom stereocenters. The molecule has 1 aromatic heterocycles. The molecule has 0 aliphatic carbocycles. The lowest BCUT2D eigenvalue weighted by molar-refractivity contribution is -0.139. The average molecular weight is 303 g/mol. The quantitative estimate of drug-likeness (QED) is 0.857. The van der Waals surface area contributed by atoms with E-state index >= 15 is 0 Å². The van der Waals surface area contributed by atoms with Crippen molar-refractivity contribution in [1.29, 1.82) is 0 Å². The third-order valence-corrected chi connectivity index (χ3v) is 3.04. The van der Waals surface area contributed by atoms with Gasteiger partial charge >= 0.3 is 6.18 Å². The van der Waals surface area contributed by atoms with E-state index in [0.717, 1.165) is 24.5 Å². The normalized spacial score (nSPS) is 13.3. The third kappa shape index (κ3) is 2.87. The summed E-state index contributed by atoms with van der Waals surface area (Å²) in [5.41, 5.74) is -2.70. The van der Waals surface area contributed by atoms with Gasteiger partial charge in [-0.2, -0.15) is 13.2 Å². The highest BCUT2D eigenvalue weighted by Crippen LogP contribution is 2.37. The molecule has 1 N–H and O–H groups in total. The van der Waals surface area contributed by atoms with Gasteiger partial charge in [0.1, 0.15) is 17.7 Å². The summed E-state index contributed by atoms with van der Waals surface area (Å²) in [5.74, 6) is -2.21. The number of rotatable bonds is 2. The lowest BCUT2D eigenvalue weighted by Crippen LogP contribution is -2.15. The van der Waals surface area contributed by atoms with Crippen molar-refractivity contribution in [3.05, 3.63) is 64.5 Å². The smallest absolute Gasteiger partial charge is 0.383 e. The van der Waals surface area contributed by atoms with Crippen molar-refractivity contribution >= 4 is 0 Å². The summed E-state index contributed by atoms with van der Waals surface area (Å²) < 4.78 is 66.3. The van der Waals surface area contributed by atoms with Crippen molar-refractivity contribution in [2.75, 3.05) is 0 Å². The molecule has 0 fully saturated rings. The first kappa shape index (κ1) is 15.4. The monoisotopic (exact) mass is 303 g/mol. The summed E-state index contributed by atoms with van der Waals surface area (Å²) in [7, 11) is 0. The molecule has 1 unspecified atom stereocenters. The number of benzene rings is 1. The van der Waals surface area contributed by atoms with Crippen LogP contribution in [0.15, 0.2) is 30.6 Å². The number of pyridine rings is 1. The fourth-order valence-corrected chi connectivity index (χ4v) is 1.97. The van der Waals surface area contributed by atoms with Gasteiger partial charge < -0.3 is 5.11 Å². The van der Waals surface area contributed by atoms with E-state index in [2.05, 4.69) is 4.98 Å². The Kier molecular flexibility index (Phi) is 3.95. The van der Waals surface area contributed by atoms with Crippen LogP contribution in [0.5, 0.6) is 0 Å². The Balaban J connectivity index is 2.62. The Morgan fingerprint density at radius 3 is 2.43 bits per heavy atom. The zero-order valence-corrected chi connectivity index (χ0v) is 10.7. The number of aliphatic hydroxyl groups is 1. The number of hydrogen-bond acceptors (Lipinski definition) is 2.